The Morgan fingerprint density at radius 1 is 0.731 bits per heavy atom. The van der Waals surface area contributed by atoms with Crippen molar-refractivity contribution in [1.82, 2.24) is 0 Å². The molecular weight excluding hydrogens is 684 g/mol. The number of esters is 1. The Bertz CT molecular complexity index is 2160. The topological polar surface area (TPSA) is 264 Å². The molecule has 10 N–H and O–H groups in total. The molecule has 7 rings (SSSR count). The van der Waals surface area contributed by atoms with Gasteiger partial charge in [0.2, 0.25) is 5.60 Å². The summed E-state index contributed by atoms with van der Waals surface area (Å²) in [6.07, 6.45) is -3.64. The lowest BCUT2D eigenvalue weighted by Gasteiger charge is -2.41. The van der Waals surface area contributed by atoms with Crippen LogP contribution in [0.5, 0.6) is 57.5 Å². The first-order valence-corrected chi connectivity index (χ1v) is 16.0. The minimum atomic E-state index is -2.61. The zero-order chi connectivity index (χ0) is 37.2. The van der Waals surface area contributed by atoms with Crippen molar-refractivity contribution in [2.45, 2.75) is 55.2 Å². The molecule has 0 fully saturated rings. The first-order valence-electron chi connectivity index (χ1n) is 16.0. The van der Waals surface area contributed by atoms with Crippen LogP contribution < -0.4 is 9.47 Å². The number of rotatable bonds is 5. The average molecular weight is 717 g/mol. The van der Waals surface area contributed by atoms with E-state index in [0.717, 1.165) is 48.5 Å². The quantitative estimate of drug-likeness (QED) is 0.0615. The molecule has 3 aliphatic rings. The van der Waals surface area contributed by atoms with E-state index in [4.69, 9.17) is 14.2 Å². The van der Waals surface area contributed by atoms with Gasteiger partial charge in [-0.1, -0.05) is 18.2 Å². The van der Waals surface area contributed by atoms with Crippen LogP contribution in [0.1, 0.15) is 58.8 Å². The maximum absolute atomic E-state index is 13.4. The van der Waals surface area contributed by atoms with E-state index in [2.05, 4.69) is 0 Å². The molecule has 0 amide bonds. The van der Waals surface area contributed by atoms with E-state index in [1.165, 1.54) is 18.2 Å². The van der Waals surface area contributed by atoms with Crippen molar-refractivity contribution in [1.29, 1.82) is 0 Å². The van der Waals surface area contributed by atoms with Gasteiger partial charge in [-0.25, -0.2) is 4.79 Å². The van der Waals surface area contributed by atoms with Crippen molar-refractivity contribution < 1.29 is 74.9 Å². The summed E-state index contributed by atoms with van der Waals surface area (Å²) in [5, 5.41) is 108. The number of phenolic OH excluding ortho intramolecular Hbond substituents is 8. The molecule has 270 valence electrons. The number of carbonyl (C=O) groups is 2. The number of fused-ring (bicyclic) bond motifs is 2. The van der Waals surface area contributed by atoms with Crippen LogP contribution in [0.3, 0.4) is 0 Å². The molecule has 0 saturated carbocycles. The standard InChI is InChI=1S/C37H32O15/c38-17-11-24(44)29-26(12-17)50-34(16-5-7-20(40)23(43)10-16)32(47)31(29)30-25(45)14-21(41)18-13-27(51-36(48)37(49)8-2-1-3-28(37)46)33(52-35(18)30)15-4-6-19(39)22(42)9-15/h2,4-12,14,27,31-34,38-45,47,49H,1,3,13H2. The van der Waals surface area contributed by atoms with Crippen molar-refractivity contribution in [3.05, 3.63) is 94.6 Å². The molecule has 0 spiro atoms. The van der Waals surface area contributed by atoms with E-state index in [9.17, 15) is 60.7 Å². The number of phenols is 8. The largest absolute Gasteiger partial charge is 0.508 e. The zero-order valence-electron chi connectivity index (χ0n) is 26.9. The summed E-state index contributed by atoms with van der Waals surface area (Å²) in [6, 6.07) is 10.3. The molecule has 52 heavy (non-hydrogen) atoms. The van der Waals surface area contributed by atoms with E-state index in [0.29, 0.717) is 6.42 Å². The lowest BCUT2D eigenvalue weighted by Crippen LogP contribution is -2.50. The molecule has 4 aromatic rings. The fraction of sp³-hybridized carbons (Fsp3) is 0.243. The Balaban J connectivity index is 1.40. The van der Waals surface area contributed by atoms with Crippen LogP contribution in [0, 0.1) is 0 Å². The van der Waals surface area contributed by atoms with Gasteiger partial charge in [0.05, 0.1) is 5.92 Å². The number of ketones is 1. The van der Waals surface area contributed by atoms with Crippen LogP contribution in [0.15, 0.2) is 66.7 Å². The van der Waals surface area contributed by atoms with Gasteiger partial charge < -0.3 is 65.3 Å². The number of aliphatic hydroxyl groups is 2. The number of carbonyl (C=O) groups excluding carboxylic acids is 2. The first-order chi connectivity index (χ1) is 24.7. The highest BCUT2D eigenvalue weighted by Gasteiger charge is 2.49. The molecule has 0 saturated heterocycles. The molecular formula is C37H32O15. The number of aromatic hydroxyl groups is 8. The van der Waals surface area contributed by atoms with Gasteiger partial charge in [-0.2, -0.15) is 0 Å². The van der Waals surface area contributed by atoms with E-state index < -0.39 is 93.7 Å². The minimum Gasteiger partial charge on any atom is -0.508 e. The highest BCUT2D eigenvalue weighted by Crippen LogP contribution is 2.57. The van der Waals surface area contributed by atoms with Crippen molar-refractivity contribution in [3.63, 3.8) is 0 Å². The fourth-order valence-corrected chi connectivity index (χ4v) is 6.96. The molecule has 0 bridgehead atoms. The van der Waals surface area contributed by atoms with E-state index in [-0.39, 0.29) is 52.2 Å². The van der Waals surface area contributed by atoms with E-state index >= 15 is 0 Å². The third-order valence-corrected chi connectivity index (χ3v) is 9.55. The predicted octanol–water partition coefficient (Wildman–Crippen LogP) is 3.20. The number of Topliss-reactive ketones (excluding diaryl/α,β-unsaturated/α-hetero) is 1. The Kier molecular flexibility index (Phi) is 8.19. The summed E-state index contributed by atoms with van der Waals surface area (Å²) >= 11 is 0. The second kappa shape index (κ2) is 12.5. The number of hydrogen-bond acceptors (Lipinski definition) is 15. The molecule has 6 atom stereocenters. The third kappa shape index (κ3) is 5.56. The van der Waals surface area contributed by atoms with Crippen LogP contribution in [-0.4, -0.2) is 80.6 Å². The Hall–Kier alpha value is -6.32. The van der Waals surface area contributed by atoms with Crippen LogP contribution in [0.2, 0.25) is 0 Å². The Morgan fingerprint density at radius 3 is 2.00 bits per heavy atom. The van der Waals surface area contributed by atoms with Crippen LogP contribution in [0.25, 0.3) is 0 Å². The molecule has 6 unspecified atom stereocenters. The molecule has 0 aromatic heterocycles. The number of hydrogen-bond donors (Lipinski definition) is 10. The Morgan fingerprint density at radius 2 is 1.37 bits per heavy atom. The fourth-order valence-electron chi connectivity index (χ4n) is 6.96. The van der Waals surface area contributed by atoms with Crippen molar-refractivity contribution in [3.8, 4) is 57.5 Å². The summed E-state index contributed by atoms with van der Waals surface area (Å²) in [6.45, 7) is 0. The smallest absolute Gasteiger partial charge is 0.350 e. The molecule has 15 nitrogen and oxygen atoms in total. The maximum atomic E-state index is 13.4. The molecule has 2 heterocycles. The van der Waals surface area contributed by atoms with Gasteiger partial charge in [0.25, 0.3) is 0 Å². The normalized spacial score (nSPS) is 25.0. The molecule has 0 radical (unpaired) electrons. The maximum Gasteiger partial charge on any atom is 0.350 e. The van der Waals surface area contributed by atoms with E-state index in [1.807, 2.05) is 0 Å². The molecule has 1 aliphatic carbocycles. The molecule has 15 heteroatoms. The van der Waals surface area contributed by atoms with E-state index in [1.54, 1.807) is 0 Å². The van der Waals surface area contributed by atoms with Crippen molar-refractivity contribution >= 4 is 11.8 Å². The van der Waals surface area contributed by atoms with Gasteiger partial charge in [-0.05, 0) is 42.3 Å². The van der Waals surface area contributed by atoms with Gasteiger partial charge in [0.15, 0.2) is 41.0 Å². The van der Waals surface area contributed by atoms with Crippen LogP contribution in [0.4, 0.5) is 0 Å². The predicted molar refractivity (Wildman–Crippen MR) is 176 cm³/mol. The second-order valence-electron chi connectivity index (χ2n) is 12.8. The highest BCUT2D eigenvalue weighted by atomic mass is 16.6. The van der Waals surface area contributed by atoms with Gasteiger partial charge in [0.1, 0.15) is 46.7 Å². The van der Waals surface area contributed by atoms with Crippen LogP contribution >= 0.6 is 0 Å². The zero-order valence-corrected chi connectivity index (χ0v) is 26.9. The summed E-state index contributed by atoms with van der Waals surface area (Å²) < 4.78 is 18.1. The second-order valence-corrected chi connectivity index (χ2v) is 12.8. The van der Waals surface area contributed by atoms with Crippen molar-refractivity contribution in [2.75, 3.05) is 0 Å². The Labute approximate surface area is 293 Å². The number of allylic oxidation sites excluding steroid dienone is 1. The number of ether oxygens (including phenoxy) is 3. The summed E-state index contributed by atoms with van der Waals surface area (Å²) in [4.78, 5) is 26.0. The highest BCUT2D eigenvalue weighted by molar-refractivity contribution is 6.09. The first kappa shape index (κ1) is 34.1. The monoisotopic (exact) mass is 716 g/mol. The molecule has 4 aromatic carbocycles. The van der Waals surface area contributed by atoms with Gasteiger partial charge in [-0.3, -0.25) is 4.79 Å². The number of benzene rings is 4. The van der Waals surface area contributed by atoms with Crippen LogP contribution in [-0.2, 0) is 20.7 Å². The van der Waals surface area contributed by atoms with Gasteiger partial charge in [-0.15, -0.1) is 0 Å². The number of aliphatic hydroxyl groups excluding tert-OH is 1. The third-order valence-electron chi connectivity index (χ3n) is 9.55. The summed E-state index contributed by atoms with van der Waals surface area (Å²) in [5.74, 6) is -8.26. The molecule has 2 aliphatic heterocycles. The minimum absolute atomic E-state index is 0.0697. The summed E-state index contributed by atoms with van der Waals surface area (Å²) in [5.41, 5.74) is -2.76. The summed E-state index contributed by atoms with van der Waals surface area (Å²) in [7, 11) is 0. The average Bonchev–Trinajstić information content (AvgIpc) is 3.09. The lowest BCUT2D eigenvalue weighted by atomic mass is 9.77. The lowest BCUT2D eigenvalue weighted by molar-refractivity contribution is -0.175. The van der Waals surface area contributed by atoms with Gasteiger partial charge >= 0.3 is 5.97 Å². The van der Waals surface area contributed by atoms with Crippen molar-refractivity contribution in [2.24, 2.45) is 0 Å². The van der Waals surface area contributed by atoms with Gasteiger partial charge in [0, 0.05) is 53.3 Å². The SMILES string of the molecule is O=C1CCC=CC1(O)C(=O)OC1Cc2c(O)cc(O)c(C3c4c(O)cc(O)cc4OC(c4ccc(O)c(O)c4)C3O)c2OC1c1ccc(O)c(O)c1.